The third kappa shape index (κ3) is 2.54. The second-order valence-corrected chi connectivity index (χ2v) is 4.12. The predicted octanol–water partition coefficient (Wildman–Crippen LogP) is 0.747. The summed E-state index contributed by atoms with van der Waals surface area (Å²) in [5.74, 6) is 0.887. The first-order chi connectivity index (χ1) is 6.84. The Labute approximate surface area is 84.7 Å². The summed E-state index contributed by atoms with van der Waals surface area (Å²) in [4.78, 5) is 0. The average molecular weight is 194 g/mol. The Bertz CT molecular complexity index is 275. The molecule has 0 bridgehead atoms. The molecule has 2 rings (SSSR count). The van der Waals surface area contributed by atoms with Crippen LogP contribution in [-0.4, -0.2) is 28.1 Å². The van der Waals surface area contributed by atoms with E-state index in [2.05, 4.69) is 15.6 Å². The Hall–Kier alpha value is -0.900. The van der Waals surface area contributed by atoms with Crippen LogP contribution in [0.5, 0.6) is 0 Å². The van der Waals surface area contributed by atoms with Crippen LogP contribution in [0.4, 0.5) is 0 Å². The van der Waals surface area contributed by atoms with Crippen LogP contribution in [0.2, 0.25) is 0 Å². The van der Waals surface area contributed by atoms with E-state index in [9.17, 15) is 0 Å². The van der Waals surface area contributed by atoms with E-state index in [0.29, 0.717) is 0 Å². The molecular formula is C10H18N4. The maximum absolute atomic E-state index is 4.10. The minimum atomic E-state index is 0.887. The molecule has 0 saturated carbocycles. The smallest absolute Gasteiger partial charge is 0.0827 e. The molecule has 1 fully saturated rings. The van der Waals surface area contributed by atoms with E-state index in [1.165, 1.54) is 32.4 Å². The van der Waals surface area contributed by atoms with Gasteiger partial charge in [-0.15, -0.1) is 5.10 Å². The zero-order valence-electron chi connectivity index (χ0n) is 8.74. The molecule has 2 heterocycles. The second-order valence-electron chi connectivity index (χ2n) is 4.12. The minimum Gasteiger partial charge on any atom is -0.317 e. The normalized spacial score (nSPS) is 18.6. The summed E-state index contributed by atoms with van der Waals surface area (Å²) in [5, 5.41) is 11.4. The van der Waals surface area contributed by atoms with Crippen molar-refractivity contribution in [2.75, 3.05) is 13.1 Å². The molecule has 1 saturated heterocycles. The Balaban J connectivity index is 1.76. The van der Waals surface area contributed by atoms with E-state index in [0.717, 1.165) is 18.0 Å². The van der Waals surface area contributed by atoms with Gasteiger partial charge in [-0.3, -0.25) is 4.68 Å². The molecule has 0 amide bonds. The van der Waals surface area contributed by atoms with Crippen LogP contribution in [-0.2, 0) is 13.5 Å². The summed E-state index contributed by atoms with van der Waals surface area (Å²) in [6, 6.07) is 0. The number of rotatable bonds is 3. The first-order valence-corrected chi connectivity index (χ1v) is 5.40. The highest BCUT2D eigenvalue weighted by molar-refractivity contribution is 4.92. The molecule has 0 aliphatic carbocycles. The molecule has 1 aliphatic rings. The molecule has 1 aromatic heterocycles. The van der Waals surface area contributed by atoms with Gasteiger partial charge in [0, 0.05) is 13.2 Å². The van der Waals surface area contributed by atoms with E-state index in [4.69, 9.17) is 0 Å². The number of nitrogens with one attached hydrogen (secondary N) is 1. The van der Waals surface area contributed by atoms with Crippen LogP contribution in [0, 0.1) is 5.92 Å². The van der Waals surface area contributed by atoms with Gasteiger partial charge in [0.05, 0.1) is 5.69 Å². The molecule has 1 aliphatic heterocycles. The molecular weight excluding hydrogens is 176 g/mol. The van der Waals surface area contributed by atoms with Crippen molar-refractivity contribution in [3.05, 3.63) is 11.9 Å². The van der Waals surface area contributed by atoms with Gasteiger partial charge in [0.2, 0.25) is 0 Å². The maximum atomic E-state index is 4.10. The van der Waals surface area contributed by atoms with E-state index in [1.54, 1.807) is 4.68 Å². The fourth-order valence-electron chi connectivity index (χ4n) is 2.03. The van der Waals surface area contributed by atoms with Gasteiger partial charge in [0.15, 0.2) is 0 Å². The van der Waals surface area contributed by atoms with Crippen molar-refractivity contribution in [1.29, 1.82) is 0 Å². The van der Waals surface area contributed by atoms with Crippen LogP contribution >= 0.6 is 0 Å². The molecule has 0 aromatic carbocycles. The Morgan fingerprint density at radius 1 is 1.50 bits per heavy atom. The highest BCUT2D eigenvalue weighted by Gasteiger charge is 2.13. The molecule has 0 radical (unpaired) electrons. The minimum absolute atomic E-state index is 0.887. The van der Waals surface area contributed by atoms with Gasteiger partial charge in [-0.1, -0.05) is 5.21 Å². The van der Waals surface area contributed by atoms with Crippen LogP contribution in [0.3, 0.4) is 0 Å². The van der Waals surface area contributed by atoms with Gasteiger partial charge in [-0.25, -0.2) is 0 Å². The Kier molecular flexibility index (Phi) is 3.14. The summed E-state index contributed by atoms with van der Waals surface area (Å²) >= 11 is 0. The third-order valence-corrected chi connectivity index (χ3v) is 2.92. The van der Waals surface area contributed by atoms with Crippen molar-refractivity contribution in [3.8, 4) is 0 Å². The standard InChI is InChI=1S/C10H18N4/c1-14-8-10(12-13-14)3-2-9-4-6-11-7-5-9/h8-9,11H,2-7H2,1H3. The zero-order valence-corrected chi connectivity index (χ0v) is 8.74. The van der Waals surface area contributed by atoms with Crippen molar-refractivity contribution < 1.29 is 0 Å². The summed E-state index contributed by atoms with van der Waals surface area (Å²) < 4.78 is 1.78. The molecule has 0 atom stereocenters. The lowest BCUT2D eigenvalue weighted by atomic mass is 9.93. The van der Waals surface area contributed by atoms with Crippen molar-refractivity contribution >= 4 is 0 Å². The number of hydrogen-bond acceptors (Lipinski definition) is 3. The predicted molar refractivity (Wildman–Crippen MR) is 54.9 cm³/mol. The van der Waals surface area contributed by atoms with Crippen molar-refractivity contribution in [1.82, 2.24) is 20.3 Å². The van der Waals surface area contributed by atoms with E-state index in [1.807, 2.05) is 13.2 Å². The summed E-state index contributed by atoms with van der Waals surface area (Å²) in [6.07, 6.45) is 7.00. The average Bonchev–Trinajstić information content (AvgIpc) is 2.63. The van der Waals surface area contributed by atoms with Crippen LogP contribution < -0.4 is 5.32 Å². The summed E-state index contributed by atoms with van der Waals surface area (Å²) in [5.41, 5.74) is 1.13. The summed E-state index contributed by atoms with van der Waals surface area (Å²) in [6.45, 7) is 2.37. The molecule has 1 N–H and O–H groups in total. The topological polar surface area (TPSA) is 42.7 Å². The van der Waals surface area contributed by atoms with Crippen molar-refractivity contribution in [2.45, 2.75) is 25.7 Å². The van der Waals surface area contributed by atoms with Gasteiger partial charge in [-0.2, -0.15) is 0 Å². The molecule has 78 valence electrons. The highest BCUT2D eigenvalue weighted by Crippen LogP contribution is 2.17. The number of hydrogen-bond donors (Lipinski definition) is 1. The van der Waals surface area contributed by atoms with Gasteiger partial charge in [0.25, 0.3) is 0 Å². The number of aromatic nitrogens is 3. The lowest BCUT2D eigenvalue weighted by Gasteiger charge is -2.21. The molecule has 0 spiro atoms. The van der Waals surface area contributed by atoms with Gasteiger partial charge in [-0.05, 0) is 44.7 Å². The monoisotopic (exact) mass is 194 g/mol. The van der Waals surface area contributed by atoms with E-state index in [-0.39, 0.29) is 0 Å². The lowest BCUT2D eigenvalue weighted by molar-refractivity contribution is 0.353. The number of aryl methyl sites for hydroxylation is 2. The Morgan fingerprint density at radius 2 is 2.29 bits per heavy atom. The van der Waals surface area contributed by atoms with Crippen molar-refractivity contribution in [3.63, 3.8) is 0 Å². The number of nitrogens with zero attached hydrogens (tertiary/aromatic N) is 3. The molecule has 4 heteroatoms. The van der Waals surface area contributed by atoms with Gasteiger partial charge < -0.3 is 5.32 Å². The quantitative estimate of drug-likeness (QED) is 0.772. The SMILES string of the molecule is Cn1cc(CCC2CCNCC2)nn1. The molecule has 0 unspecified atom stereocenters. The maximum Gasteiger partial charge on any atom is 0.0827 e. The molecule has 14 heavy (non-hydrogen) atoms. The summed E-state index contributed by atoms with van der Waals surface area (Å²) in [7, 11) is 1.92. The molecule has 1 aromatic rings. The van der Waals surface area contributed by atoms with Crippen LogP contribution in [0.25, 0.3) is 0 Å². The van der Waals surface area contributed by atoms with Crippen molar-refractivity contribution in [2.24, 2.45) is 13.0 Å². The first-order valence-electron chi connectivity index (χ1n) is 5.40. The lowest BCUT2D eigenvalue weighted by Crippen LogP contribution is -2.27. The Morgan fingerprint density at radius 3 is 2.93 bits per heavy atom. The second kappa shape index (κ2) is 4.55. The number of piperidine rings is 1. The van der Waals surface area contributed by atoms with Crippen LogP contribution in [0.1, 0.15) is 25.0 Å². The van der Waals surface area contributed by atoms with E-state index >= 15 is 0 Å². The fourth-order valence-corrected chi connectivity index (χ4v) is 2.03. The van der Waals surface area contributed by atoms with E-state index < -0.39 is 0 Å². The molecule has 4 nitrogen and oxygen atoms in total. The van der Waals surface area contributed by atoms with Crippen LogP contribution in [0.15, 0.2) is 6.20 Å². The third-order valence-electron chi connectivity index (χ3n) is 2.92. The van der Waals surface area contributed by atoms with Gasteiger partial charge in [0.1, 0.15) is 0 Å². The fraction of sp³-hybridized carbons (Fsp3) is 0.800. The largest absolute Gasteiger partial charge is 0.317 e. The highest BCUT2D eigenvalue weighted by atomic mass is 15.4. The first kappa shape index (κ1) is 9.65. The van der Waals surface area contributed by atoms with Gasteiger partial charge >= 0.3 is 0 Å². The zero-order chi connectivity index (χ0) is 9.80.